The van der Waals surface area contributed by atoms with Crippen molar-refractivity contribution in [1.82, 2.24) is 35.7 Å². The smallest absolute Gasteiger partial charge is 0.407 e. The van der Waals surface area contributed by atoms with Gasteiger partial charge < -0.3 is 25.6 Å². The molecule has 1 fully saturated rings. The second kappa shape index (κ2) is 20.5. The van der Waals surface area contributed by atoms with E-state index >= 15 is 0 Å². The van der Waals surface area contributed by atoms with E-state index in [1.54, 1.807) is 18.8 Å². The van der Waals surface area contributed by atoms with Crippen molar-refractivity contribution in [3.63, 3.8) is 0 Å². The van der Waals surface area contributed by atoms with Crippen LogP contribution in [0.1, 0.15) is 78.6 Å². The summed E-state index contributed by atoms with van der Waals surface area (Å²) >= 11 is 2.94. The summed E-state index contributed by atoms with van der Waals surface area (Å²) in [6, 6.07) is 17.3. The number of thiazole rings is 2. The molecule has 13 nitrogen and oxygen atoms in total. The number of hydrogen-bond donors (Lipinski definition) is 3. The molecule has 2 aromatic heterocycles. The number of urea groups is 1. The number of ether oxygens (including phenoxy) is 1. The number of benzene rings is 2. The van der Waals surface area contributed by atoms with E-state index in [2.05, 4.69) is 39.8 Å². The molecule has 3 unspecified atom stereocenters. The Morgan fingerprint density at radius 1 is 0.855 bits per heavy atom. The summed E-state index contributed by atoms with van der Waals surface area (Å²) in [4.78, 5) is 77.7. The number of carbonyl (C=O) groups excluding carboxylic acids is 5. The number of imide groups is 1. The van der Waals surface area contributed by atoms with Crippen LogP contribution >= 0.6 is 22.7 Å². The number of nitrogens with one attached hydrogen (secondary N) is 3. The van der Waals surface area contributed by atoms with Gasteiger partial charge in [-0.05, 0) is 43.2 Å². The second-order valence-corrected chi connectivity index (χ2v) is 15.8. The Balaban J connectivity index is 1.30. The largest absolute Gasteiger partial charge is 0.444 e. The van der Waals surface area contributed by atoms with Crippen LogP contribution in [0.15, 0.2) is 77.8 Å². The lowest BCUT2D eigenvalue weighted by molar-refractivity contribution is -0.139. The van der Waals surface area contributed by atoms with Gasteiger partial charge >= 0.3 is 12.1 Å². The molecule has 1 aliphatic heterocycles. The number of nitrogens with zero attached hydrogens (tertiary/aromatic N) is 4. The highest BCUT2D eigenvalue weighted by Crippen LogP contribution is 2.20. The molecule has 292 valence electrons. The van der Waals surface area contributed by atoms with E-state index in [9.17, 15) is 24.0 Å². The molecule has 55 heavy (non-hydrogen) atoms. The minimum atomic E-state index is -1.05. The van der Waals surface area contributed by atoms with Gasteiger partial charge in [-0.15, -0.1) is 22.7 Å². The average Bonchev–Trinajstić information content (AvgIpc) is 3.94. The first-order valence-electron chi connectivity index (χ1n) is 18.5. The standard InChI is InChI=1S/C40H49N7O6S2/c1-27(2)38-43-32(25-54-38)23-46(3)39(51)45-34(18-19-47-35(48)16-17-36(47)49)37(50)42-30(20-28-10-6-4-7-11-28)14-15-31(21-29-12-8-5-9-13-29)44-40(52)53-24-33-22-41-26-55-33/h4-13,22,25-27,30-31,34H,14-21,23-24H2,1-3H3,(H,42,50)(H,44,52)(H,45,51). The van der Waals surface area contributed by atoms with Gasteiger partial charge in [0, 0.05) is 56.0 Å². The molecule has 0 saturated carbocycles. The second-order valence-electron chi connectivity index (χ2n) is 14.0. The van der Waals surface area contributed by atoms with Crippen LogP contribution in [0.3, 0.4) is 0 Å². The molecular formula is C40H49N7O6S2. The van der Waals surface area contributed by atoms with E-state index in [0.717, 1.165) is 31.6 Å². The zero-order valence-corrected chi connectivity index (χ0v) is 33.1. The van der Waals surface area contributed by atoms with Crippen molar-refractivity contribution in [3.8, 4) is 0 Å². The molecule has 3 heterocycles. The molecule has 1 aliphatic rings. The van der Waals surface area contributed by atoms with Crippen LogP contribution in [0, 0.1) is 0 Å². The Morgan fingerprint density at radius 3 is 2.04 bits per heavy atom. The van der Waals surface area contributed by atoms with Gasteiger partial charge in [-0.1, -0.05) is 74.5 Å². The number of alkyl carbamates (subject to hydrolysis) is 1. The zero-order chi connectivity index (χ0) is 39.2. The van der Waals surface area contributed by atoms with Gasteiger partial charge in [0.15, 0.2) is 0 Å². The molecule has 4 aromatic rings. The summed E-state index contributed by atoms with van der Waals surface area (Å²) in [5.41, 5.74) is 4.46. The Bertz CT molecular complexity index is 1840. The van der Waals surface area contributed by atoms with Crippen molar-refractivity contribution < 1.29 is 28.7 Å². The number of amides is 6. The lowest BCUT2D eigenvalue weighted by Gasteiger charge is -2.28. The predicted octanol–water partition coefficient (Wildman–Crippen LogP) is 5.82. The summed E-state index contributed by atoms with van der Waals surface area (Å²) in [6.45, 7) is 4.47. The Hall–Kier alpha value is -5.15. The molecule has 1 saturated heterocycles. The summed E-state index contributed by atoms with van der Waals surface area (Å²) in [7, 11) is 1.63. The van der Waals surface area contributed by atoms with Crippen LogP contribution in [0.25, 0.3) is 0 Å². The van der Waals surface area contributed by atoms with Crippen molar-refractivity contribution in [2.75, 3.05) is 13.6 Å². The van der Waals surface area contributed by atoms with Crippen LogP contribution in [0.4, 0.5) is 9.59 Å². The first kappa shape index (κ1) is 41.0. The highest BCUT2D eigenvalue weighted by molar-refractivity contribution is 7.09. The number of rotatable bonds is 19. The highest BCUT2D eigenvalue weighted by atomic mass is 32.1. The fourth-order valence-corrected chi connectivity index (χ4v) is 7.58. The Labute approximate surface area is 329 Å². The molecule has 3 atom stereocenters. The third-order valence-electron chi connectivity index (χ3n) is 9.23. The summed E-state index contributed by atoms with van der Waals surface area (Å²) in [5, 5.41) is 11.9. The van der Waals surface area contributed by atoms with Gasteiger partial charge in [0.25, 0.3) is 0 Å². The van der Waals surface area contributed by atoms with Crippen molar-refractivity contribution >= 4 is 52.5 Å². The lowest BCUT2D eigenvalue weighted by Crippen LogP contribution is -2.53. The van der Waals surface area contributed by atoms with Gasteiger partial charge in [-0.2, -0.15) is 0 Å². The van der Waals surface area contributed by atoms with Crippen molar-refractivity contribution in [1.29, 1.82) is 0 Å². The first-order valence-corrected chi connectivity index (χ1v) is 20.3. The van der Waals surface area contributed by atoms with E-state index < -0.39 is 24.1 Å². The molecule has 0 radical (unpaired) electrons. The van der Waals surface area contributed by atoms with Crippen LogP contribution in [-0.4, -0.2) is 81.3 Å². The number of carbonyl (C=O) groups is 5. The Morgan fingerprint density at radius 2 is 1.47 bits per heavy atom. The van der Waals surface area contributed by atoms with Gasteiger partial charge in [0.2, 0.25) is 17.7 Å². The normalized spacial score (nSPS) is 14.4. The first-order chi connectivity index (χ1) is 26.5. The molecule has 0 bridgehead atoms. The third-order valence-corrected chi connectivity index (χ3v) is 11.2. The average molecular weight is 788 g/mol. The molecule has 0 spiro atoms. The topological polar surface area (TPSA) is 163 Å². The molecule has 3 N–H and O–H groups in total. The van der Waals surface area contributed by atoms with Crippen LogP contribution in [0.5, 0.6) is 0 Å². The van der Waals surface area contributed by atoms with Crippen LogP contribution in [-0.2, 0) is 45.1 Å². The van der Waals surface area contributed by atoms with Gasteiger partial charge in [-0.25, -0.2) is 14.6 Å². The molecule has 2 aromatic carbocycles. The van der Waals surface area contributed by atoms with E-state index in [4.69, 9.17) is 4.74 Å². The summed E-state index contributed by atoms with van der Waals surface area (Å²) < 4.78 is 5.49. The van der Waals surface area contributed by atoms with Gasteiger partial charge in [0.05, 0.1) is 27.6 Å². The SMILES string of the molecule is CC(C)c1nc(CN(C)C(=O)NC(CCN2C(=O)CCC2=O)C(=O)NC(CCC(Cc2ccccc2)NC(=O)OCc2cncs2)Cc2ccccc2)cs1. The number of aromatic nitrogens is 2. The molecule has 5 rings (SSSR count). The fraction of sp³-hybridized carbons (Fsp3) is 0.425. The van der Waals surface area contributed by atoms with Gasteiger partial charge in [-0.3, -0.25) is 24.3 Å². The summed E-state index contributed by atoms with van der Waals surface area (Å²) in [5.74, 6) is -0.754. The predicted molar refractivity (Wildman–Crippen MR) is 211 cm³/mol. The minimum absolute atomic E-state index is 0.000347. The fourth-order valence-electron chi connectivity index (χ4n) is 6.24. The lowest BCUT2D eigenvalue weighted by atomic mass is 9.95. The van der Waals surface area contributed by atoms with Crippen LogP contribution < -0.4 is 16.0 Å². The maximum absolute atomic E-state index is 14.2. The molecule has 15 heteroatoms. The monoisotopic (exact) mass is 787 g/mol. The quantitative estimate of drug-likeness (QED) is 0.100. The van der Waals surface area contributed by atoms with E-state index in [-0.39, 0.29) is 68.8 Å². The minimum Gasteiger partial charge on any atom is -0.444 e. The number of likely N-dealkylation sites (tertiary alicyclic amines) is 1. The van der Waals surface area contributed by atoms with E-state index in [1.807, 2.05) is 66.0 Å². The van der Waals surface area contributed by atoms with Crippen molar-refractivity contribution in [2.45, 2.75) is 96.0 Å². The van der Waals surface area contributed by atoms with Crippen LogP contribution in [0.2, 0.25) is 0 Å². The highest BCUT2D eigenvalue weighted by Gasteiger charge is 2.32. The van der Waals surface area contributed by atoms with Gasteiger partial charge in [0.1, 0.15) is 12.6 Å². The molecule has 6 amide bonds. The van der Waals surface area contributed by atoms with Crippen molar-refractivity contribution in [3.05, 3.63) is 104 Å². The molecular weight excluding hydrogens is 739 g/mol. The molecule has 0 aliphatic carbocycles. The van der Waals surface area contributed by atoms with Crippen molar-refractivity contribution in [2.24, 2.45) is 0 Å². The third kappa shape index (κ3) is 13.0. The maximum Gasteiger partial charge on any atom is 0.407 e. The zero-order valence-electron chi connectivity index (χ0n) is 31.4. The van der Waals surface area contributed by atoms with E-state index in [1.165, 1.54) is 27.6 Å². The summed E-state index contributed by atoms with van der Waals surface area (Å²) in [6.07, 6.45) is 3.44. The number of hydrogen-bond acceptors (Lipinski definition) is 10. The maximum atomic E-state index is 14.2. The van der Waals surface area contributed by atoms with E-state index in [0.29, 0.717) is 25.7 Å². The Kier molecular flexibility index (Phi) is 15.3.